The van der Waals surface area contributed by atoms with E-state index in [-0.39, 0.29) is 6.54 Å². The molecule has 2 aromatic rings. The van der Waals surface area contributed by atoms with Gasteiger partial charge in [0.2, 0.25) is 0 Å². The Morgan fingerprint density at radius 3 is 2.06 bits per heavy atom. The number of unbranched alkanes of at least 4 members (excludes halogenated alkanes) is 3. The minimum absolute atomic E-state index is 0.0652. The van der Waals surface area contributed by atoms with Crippen molar-refractivity contribution in [3.05, 3.63) is 70.8 Å². The number of Topliss-reactive ketones (excluding diaryl/α,β-unsaturated/α-hetero) is 1. The van der Waals surface area contributed by atoms with E-state index in [1.807, 2.05) is 12.1 Å². The number of nitrogens with one attached hydrogen (secondary N) is 1. The molecular formula is C27H35N3O3. The zero-order valence-electron chi connectivity index (χ0n) is 19.6. The van der Waals surface area contributed by atoms with Crippen LogP contribution < -0.4 is 11.1 Å². The molecule has 0 aliphatic carbocycles. The van der Waals surface area contributed by atoms with E-state index in [2.05, 4.69) is 48.3 Å². The normalized spacial score (nSPS) is 11.5. The van der Waals surface area contributed by atoms with Crippen molar-refractivity contribution in [1.29, 1.82) is 0 Å². The van der Waals surface area contributed by atoms with Crippen molar-refractivity contribution in [2.75, 3.05) is 33.8 Å². The van der Waals surface area contributed by atoms with Gasteiger partial charge in [0.15, 0.2) is 5.78 Å². The van der Waals surface area contributed by atoms with Crippen molar-refractivity contribution >= 4 is 11.7 Å². The Labute approximate surface area is 197 Å². The summed E-state index contributed by atoms with van der Waals surface area (Å²) < 4.78 is 0. The van der Waals surface area contributed by atoms with E-state index >= 15 is 0 Å². The average molecular weight is 450 g/mol. The summed E-state index contributed by atoms with van der Waals surface area (Å²) in [5.74, 6) is 5.33. The summed E-state index contributed by atoms with van der Waals surface area (Å²) in [6.45, 7) is 0.433. The molecule has 0 aliphatic heterocycles. The number of aryl methyl sites for hydroxylation is 1. The maximum Gasteiger partial charge on any atom is 0.251 e. The number of nitrogens with two attached hydrogens (primary N) is 1. The number of carbonyl (C=O) groups excluding carboxylic acids is 2. The second kappa shape index (κ2) is 14.2. The van der Waals surface area contributed by atoms with Crippen molar-refractivity contribution in [2.24, 2.45) is 5.73 Å². The predicted octanol–water partition coefficient (Wildman–Crippen LogP) is 2.37. The fourth-order valence-corrected chi connectivity index (χ4v) is 3.34. The number of hydrogen-bond donors (Lipinski definition) is 3. The lowest BCUT2D eigenvalue weighted by Gasteiger charge is -2.14. The van der Waals surface area contributed by atoms with Crippen LogP contribution in [0, 0.1) is 11.8 Å². The quantitative estimate of drug-likeness (QED) is 0.342. The van der Waals surface area contributed by atoms with Crippen molar-refractivity contribution in [3.63, 3.8) is 0 Å². The molecule has 0 fully saturated rings. The summed E-state index contributed by atoms with van der Waals surface area (Å²) in [6, 6.07) is 14.3. The molecule has 0 aromatic heterocycles. The van der Waals surface area contributed by atoms with Gasteiger partial charge in [0.05, 0.1) is 0 Å². The monoisotopic (exact) mass is 449 g/mol. The highest BCUT2D eigenvalue weighted by molar-refractivity contribution is 5.98. The van der Waals surface area contributed by atoms with Crippen molar-refractivity contribution < 1.29 is 14.7 Å². The van der Waals surface area contributed by atoms with Crippen LogP contribution in [0.5, 0.6) is 0 Å². The van der Waals surface area contributed by atoms with Crippen LogP contribution in [0.25, 0.3) is 0 Å². The number of ketones is 1. The molecule has 0 saturated carbocycles. The summed E-state index contributed by atoms with van der Waals surface area (Å²) in [5.41, 5.74) is 8.95. The summed E-state index contributed by atoms with van der Waals surface area (Å²) in [7, 11) is 4.23. The summed E-state index contributed by atoms with van der Waals surface area (Å²) >= 11 is 0. The zero-order chi connectivity index (χ0) is 24.1. The number of rotatable bonds is 12. The molecule has 0 aliphatic rings. The molecule has 176 valence electrons. The van der Waals surface area contributed by atoms with Gasteiger partial charge >= 0.3 is 0 Å². The predicted molar refractivity (Wildman–Crippen MR) is 132 cm³/mol. The maximum absolute atomic E-state index is 12.3. The molecule has 0 saturated heterocycles. The first-order chi connectivity index (χ1) is 15.9. The van der Waals surface area contributed by atoms with E-state index in [9.17, 15) is 9.59 Å². The lowest BCUT2D eigenvalue weighted by molar-refractivity contribution is -0.123. The Hall–Kier alpha value is -2.98. The first-order valence-corrected chi connectivity index (χ1v) is 11.4. The van der Waals surface area contributed by atoms with Crippen LogP contribution in [0.4, 0.5) is 0 Å². The van der Waals surface area contributed by atoms with E-state index in [0.717, 1.165) is 24.1 Å². The topological polar surface area (TPSA) is 95.7 Å². The summed E-state index contributed by atoms with van der Waals surface area (Å²) in [6.07, 6.45) is 6.09. The van der Waals surface area contributed by atoms with Gasteiger partial charge in [0.25, 0.3) is 5.91 Å². The lowest BCUT2D eigenvalue weighted by atomic mass is 10.0. The molecule has 2 aromatic carbocycles. The number of benzene rings is 2. The zero-order valence-corrected chi connectivity index (χ0v) is 19.6. The molecule has 1 atom stereocenters. The third kappa shape index (κ3) is 9.58. The molecule has 0 spiro atoms. The van der Waals surface area contributed by atoms with E-state index in [0.29, 0.717) is 5.56 Å². The number of aliphatic hydroxyl groups is 1. The van der Waals surface area contributed by atoms with Gasteiger partial charge in [-0.15, -0.1) is 0 Å². The third-order valence-electron chi connectivity index (χ3n) is 5.36. The molecule has 0 unspecified atom stereocenters. The number of nitrogens with zero attached hydrogens (tertiary/aromatic N) is 1. The lowest BCUT2D eigenvalue weighted by Crippen LogP contribution is -2.46. The number of aliphatic hydroxyl groups excluding tert-OH is 1. The van der Waals surface area contributed by atoms with Crippen LogP contribution >= 0.6 is 0 Å². The highest BCUT2D eigenvalue weighted by Crippen LogP contribution is 2.10. The van der Waals surface area contributed by atoms with Crippen LogP contribution in [0.2, 0.25) is 0 Å². The smallest absolute Gasteiger partial charge is 0.251 e. The first kappa shape index (κ1) is 26.3. The van der Waals surface area contributed by atoms with Gasteiger partial charge in [-0.05, 0) is 81.9 Å². The highest BCUT2D eigenvalue weighted by atomic mass is 16.3. The number of hydrogen-bond acceptors (Lipinski definition) is 5. The standard InChI is InChI=1S/C27H35N3O3/c1-30(2)18-6-4-3-5-7-21-8-10-22(11-9-21)12-13-23-14-16-24(17-15-23)27(33)29-25(19-28)26(32)20-31/h8-11,14-17,25,31H,3-7,18-20,28H2,1-2H3,(H,29,33)/t25-/m0/s1. The fraction of sp³-hybridized carbons (Fsp3) is 0.407. The van der Waals surface area contributed by atoms with Gasteiger partial charge in [-0.3, -0.25) is 9.59 Å². The van der Waals surface area contributed by atoms with Gasteiger partial charge in [-0.2, -0.15) is 0 Å². The largest absolute Gasteiger partial charge is 0.388 e. The van der Waals surface area contributed by atoms with E-state index in [4.69, 9.17) is 10.8 Å². The van der Waals surface area contributed by atoms with Crippen LogP contribution in [0.1, 0.15) is 52.7 Å². The molecular weight excluding hydrogens is 414 g/mol. The van der Waals surface area contributed by atoms with Crippen molar-refractivity contribution in [1.82, 2.24) is 10.2 Å². The third-order valence-corrected chi connectivity index (χ3v) is 5.36. The number of carbonyl (C=O) groups is 2. The molecule has 2 rings (SSSR count). The average Bonchev–Trinajstić information content (AvgIpc) is 2.83. The molecule has 0 radical (unpaired) electrons. The van der Waals surface area contributed by atoms with Crippen LogP contribution in [-0.2, 0) is 11.2 Å². The first-order valence-electron chi connectivity index (χ1n) is 11.4. The molecule has 6 heteroatoms. The van der Waals surface area contributed by atoms with E-state index in [1.165, 1.54) is 31.2 Å². The second-order valence-electron chi connectivity index (χ2n) is 8.38. The molecule has 1 amide bonds. The Bertz CT molecular complexity index is 941. The molecule has 33 heavy (non-hydrogen) atoms. The minimum Gasteiger partial charge on any atom is -0.388 e. The van der Waals surface area contributed by atoms with Gasteiger partial charge < -0.3 is 21.1 Å². The fourth-order valence-electron chi connectivity index (χ4n) is 3.34. The number of amides is 1. The Morgan fingerprint density at radius 1 is 0.939 bits per heavy atom. The Balaban J connectivity index is 1.84. The second-order valence-corrected chi connectivity index (χ2v) is 8.38. The van der Waals surface area contributed by atoms with Crippen LogP contribution in [-0.4, -0.2) is 61.5 Å². The van der Waals surface area contributed by atoms with E-state index < -0.39 is 24.3 Å². The molecule has 6 nitrogen and oxygen atoms in total. The molecule has 4 N–H and O–H groups in total. The van der Waals surface area contributed by atoms with Gasteiger partial charge in [-0.25, -0.2) is 0 Å². The van der Waals surface area contributed by atoms with Crippen molar-refractivity contribution in [2.45, 2.75) is 38.1 Å². The molecule has 0 bridgehead atoms. The van der Waals surface area contributed by atoms with Crippen LogP contribution in [0.3, 0.4) is 0 Å². The van der Waals surface area contributed by atoms with Gasteiger partial charge in [0, 0.05) is 23.2 Å². The highest BCUT2D eigenvalue weighted by Gasteiger charge is 2.18. The van der Waals surface area contributed by atoms with E-state index in [1.54, 1.807) is 24.3 Å². The minimum atomic E-state index is -0.895. The van der Waals surface area contributed by atoms with Gasteiger partial charge in [0.1, 0.15) is 12.6 Å². The molecule has 0 heterocycles. The SMILES string of the molecule is CN(C)CCCCCCc1ccc(C#Cc2ccc(C(=O)N[C@@H](CN)C(=O)CO)cc2)cc1. The Kier molecular flexibility index (Phi) is 11.3. The van der Waals surface area contributed by atoms with Crippen LogP contribution in [0.15, 0.2) is 48.5 Å². The summed E-state index contributed by atoms with van der Waals surface area (Å²) in [5, 5.41) is 11.5. The Morgan fingerprint density at radius 2 is 1.52 bits per heavy atom. The van der Waals surface area contributed by atoms with Gasteiger partial charge in [-0.1, -0.05) is 36.8 Å². The maximum atomic E-state index is 12.3. The summed E-state index contributed by atoms with van der Waals surface area (Å²) in [4.78, 5) is 26.1. The van der Waals surface area contributed by atoms with Crippen molar-refractivity contribution in [3.8, 4) is 11.8 Å².